The van der Waals surface area contributed by atoms with Crippen LogP contribution in [0.15, 0.2) is 54.6 Å². The monoisotopic (exact) mass is 374 g/mol. The van der Waals surface area contributed by atoms with Crippen molar-refractivity contribution in [2.24, 2.45) is 0 Å². The number of likely N-dealkylation sites (tertiary alicyclic amines) is 1. The third kappa shape index (κ3) is 4.53. The van der Waals surface area contributed by atoms with E-state index in [1.165, 1.54) is 4.90 Å². The first-order valence-corrected chi connectivity index (χ1v) is 8.62. The predicted octanol–water partition coefficient (Wildman–Crippen LogP) is 3.05. The van der Waals surface area contributed by atoms with Crippen molar-refractivity contribution in [1.82, 2.24) is 4.90 Å². The summed E-state index contributed by atoms with van der Waals surface area (Å²) in [7, 11) is 0. The number of rotatable bonds is 4. The van der Waals surface area contributed by atoms with E-state index in [0.717, 1.165) is 5.56 Å². The van der Waals surface area contributed by atoms with Crippen LogP contribution in [0.25, 0.3) is 0 Å². The molecule has 2 aromatic rings. The highest BCUT2D eigenvalue weighted by Gasteiger charge is 2.40. The lowest BCUT2D eigenvalue weighted by molar-refractivity contribution is -0.149. The average Bonchev–Trinajstić information content (AvgIpc) is 3.04. The molecule has 0 radical (unpaired) electrons. The lowest BCUT2D eigenvalue weighted by Gasteiger charge is -2.23. The highest BCUT2D eigenvalue weighted by molar-refractivity contribution is 6.30. The highest BCUT2D eigenvalue weighted by atomic mass is 35.5. The Kier molecular flexibility index (Phi) is 5.75. The number of hydrogen-bond donors (Lipinski definition) is 2. The molecule has 1 aliphatic rings. The number of β-amino-alcohol motifs (C(OH)–C–C–N with tert-alkyl or cyclic N) is 1. The number of benzene rings is 2. The van der Waals surface area contributed by atoms with Crippen molar-refractivity contribution in [3.8, 4) is 0 Å². The first-order valence-electron chi connectivity index (χ1n) is 8.25. The number of aliphatic hydroxyl groups is 1. The van der Waals surface area contributed by atoms with Gasteiger partial charge in [-0.05, 0) is 29.8 Å². The zero-order valence-electron chi connectivity index (χ0n) is 14.0. The van der Waals surface area contributed by atoms with Gasteiger partial charge in [0.2, 0.25) is 0 Å². The van der Waals surface area contributed by atoms with Gasteiger partial charge in [-0.3, -0.25) is 0 Å². The first kappa shape index (κ1) is 18.2. The van der Waals surface area contributed by atoms with Gasteiger partial charge in [-0.15, -0.1) is 0 Å². The van der Waals surface area contributed by atoms with Gasteiger partial charge in [0, 0.05) is 23.7 Å². The molecule has 0 unspecified atom stereocenters. The van der Waals surface area contributed by atoms with Gasteiger partial charge in [-0.1, -0.05) is 41.9 Å². The topological polar surface area (TPSA) is 78.9 Å². The van der Waals surface area contributed by atoms with Gasteiger partial charge >= 0.3 is 12.0 Å². The van der Waals surface area contributed by atoms with Crippen molar-refractivity contribution in [3.63, 3.8) is 0 Å². The lowest BCUT2D eigenvalue weighted by Crippen LogP contribution is -2.43. The van der Waals surface area contributed by atoms with E-state index in [2.05, 4.69) is 5.32 Å². The fraction of sp³-hybridized carbons (Fsp3) is 0.263. The number of urea groups is 1. The quantitative estimate of drug-likeness (QED) is 0.806. The minimum atomic E-state index is -0.819. The summed E-state index contributed by atoms with van der Waals surface area (Å²) in [6.07, 6.45) is -0.609. The standard InChI is InChI=1S/C19H19ClN2O4/c20-14-6-8-15(9-7-14)21-19(25)22-11-16(23)10-17(22)18(24)26-12-13-4-2-1-3-5-13/h1-9,16-17,23H,10-12H2,(H,21,25)/t16-,17+/m1/s1. The molecule has 1 fully saturated rings. The van der Waals surface area contributed by atoms with Gasteiger partial charge < -0.3 is 20.1 Å². The van der Waals surface area contributed by atoms with Crippen molar-refractivity contribution in [2.75, 3.05) is 11.9 Å². The molecule has 3 rings (SSSR count). The predicted molar refractivity (Wildman–Crippen MR) is 97.8 cm³/mol. The molecule has 0 spiro atoms. The molecule has 26 heavy (non-hydrogen) atoms. The van der Waals surface area contributed by atoms with Crippen LogP contribution in [-0.2, 0) is 16.1 Å². The van der Waals surface area contributed by atoms with E-state index in [1.54, 1.807) is 24.3 Å². The number of amides is 2. The molecule has 2 amide bonds. The zero-order valence-corrected chi connectivity index (χ0v) is 14.7. The molecule has 1 heterocycles. The van der Waals surface area contributed by atoms with Crippen molar-refractivity contribution in [1.29, 1.82) is 0 Å². The minimum absolute atomic E-state index is 0.0739. The van der Waals surface area contributed by atoms with Crippen molar-refractivity contribution in [3.05, 3.63) is 65.2 Å². The molecule has 0 bridgehead atoms. The number of anilines is 1. The SMILES string of the molecule is O=C(OCc1ccccc1)[C@@H]1C[C@@H](O)CN1C(=O)Nc1ccc(Cl)cc1. The van der Waals surface area contributed by atoms with Crippen LogP contribution in [-0.4, -0.2) is 40.7 Å². The molecule has 0 aliphatic carbocycles. The average molecular weight is 375 g/mol. The Morgan fingerprint density at radius 3 is 2.54 bits per heavy atom. The Morgan fingerprint density at radius 2 is 1.85 bits per heavy atom. The molecule has 2 atom stereocenters. The third-order valence-corrected chi connectivity index (χ3v) is 4.38. The summed E-state index contributed by atoms with van der Waals surface area (Å²) in [4.78, 5) is 26.2. The maximum absolute atomic E-state index is 12.5. The van der Waals surface area contributed by atoms with Gasteiger partial charge in [0.25, 0.3) is 0 Å². The van der Waals surface area contributed by atoms with Gasteiger partial charge in [-0.2, -0.15) is 0 Å². The van der Waals surface area contributed by atoms with Crippen LogP contribution in [0, 0.1) is 0 Å². The summed E-state index contributed by atoms with van der Waals surface area (Å²) in [5.74, 6) is -0.531. The number of ether oxygens (including phenoxy) is 1. The molecular formula is C19H19ClN2O4. The second-order valence-corrected chi connectivity index (χ2v) is 6.52. The lowest BCUT2D eigenvalue weighted by atomic mass is 10.2. The molecule has 2 N–H and O–H groups in total. The van der Waals surface area contributed by atoms with Crippen LogP contribution < -0.4 is 5.32 Å². The Morgan fingerprint density at radius 1 is 1.15 bits per heavy atom. The normalized spacial score (nSPS) is 19.2. The number of nitrogens with one attached hydrogen (secondary N) is 1. The van der Waals surface area contributed by atoms with E-state index in [-0.39, 0.29) is 19.6 Å². The van der Waals surface area contributed by atoms with Crippen molar-refractivity contribution >= 4 is 29.3 Å². The fourth-order valence-corrected chi connectivity index (χ4v) is 2.94. The Hall–Kier alpha value is -2.57. The number of carbonyl (C=O) groups excluding carboxylic acids is 2. The zero-order chi connectivity index (χ0) is 18.5. The number of halogens is 1. The molecule has 7 heteroatoms. The number of aliphatic hydroxyl groups excluding tert-OH is 1. The van der Waals surface area contributed by atoms with Gasteiger partial charge in [-0.25, -0.2) is 9.59 Å². The van der Waals surface area contributed by atoms with Gasteiger partial charge in [0.15, 0.2) is 0 Å². The van der Waals surface area contributed by atoms with Crippen LogP contribution >= 0.6 is 11.6 Å². The number of hydrogen-bond acceptors (Lipinski definition) is 4. The number of carbonyl (C=O) groups is 2. The minimum Gasteiger partial charge on any atom is -0.459 e. The molecule has 2 aromatic carbocycles. The molecule has 136 valence electrons. The van der Waals surface area contributed by atoms with E-state index >= 15 is 0 Å². The largest absolute Gasteiger partial charge is 0.459 e. The van der Waals surface area contributed by atoms with Crippen LogP contribution in [0.2, 0.25) is 5.02 Å². The second kappa shape index (κ2) is 8.21. The molecule has 1 saturated heterocycles. The van der Waals surface area contributed by atoms with Crippen molar-refractivity contribution in [2.45, 2.75) is 25.2 Å². The third-order valence-electron chi connectivity index (χ3n) is 4.13. The first-order chi connectivity index (χ1) is 12.5. The summed E-state index contributed by atoms with van der Waals surface area (Å²) in [5.41, 5.74) is 1.41. The van der Waals surface area contributed by atoms with Crippen LogP contribution in [0.3, 0.4) is 0 Å². The second-order valence-electron chi connectivity index (χ2n) is 6.09. The fourth-order valence-electron chi connectivity index (χ4n) is 2.82. The maximum atomic E-state index is 12.5. The van der Waals surface area contributed by atoms with E-state index in [4.69, 9.17) is 16.3 Å². The molecular weight excluding hydrogens is 356 g/mol. The molecule has 0 saturated carbocycles. The summed E-state index contributed by atoms with van der Waals surface area (Å²) in [5, 5.41) is 13.2. The molecule has 0 aromatic heterocycles. The summed E-state index contributed by atoms with van der Waals surface area (Å²) in [6, 6.07) is 14.6. The maximum Gasteiger partial charge on any atom is 0.329 e. The number of esters is 1. The summed E-state index contributed by atoms with van der Waals surface area (Å²) < 4.78 is 5.32. The van der Waals surface area contributed by atoms with Crippen LogP contribution in [0.5, 0.6) is 0 Å². The van der Waals surface area contributed by atoms with Crippen LogP contribution in [0.1, 0.15) is 12.0 Å². The van der Waals surface area contributed by atoms with Gasteiger partial charge in [0.1, 0.15) is 12.6 Å². The van der Waals surface area contributed by atoms with E-state index in [1.807, 2.05) is 30.3 Å². The van der Waals surface area contributed by atoms with E-state index in [0.29, 0.717) is 10.7 Å². The van der Waals surface area contributed by atoms with Gasteiger partial charge in [0.05, 0.1) is 6.10 Å². The van der Waals surface area contributed by atoms with E-state index in [9.17, 15) is 14.7 Å². The van der Waals surface area contributed by atoms with Crippen LogP contribution in [0.4, 0.5) is 10.5 Å². The van der Waals surface area contributed by atoms with Crippen molar-refractivity contribution < 1.29 is 19.4 Å². The Bertz CT molecular complexity index is 767. The number of nitrogens with zero attached hydrogens (tertiary/aromatic N) is 1. The Labute approximate surface area is 156 Å². The smallest absolute Gasteiger partial charge is 0.329 e. The summed E-state index contributed by atoms with van der Waals surface area (Å²) >= 11 is 5.83. The highest BCUT2D eigenvalue weighted by Crippen LogP contribution is 2.22. The summed E-state index contributed by atoms with van der Waals surface area (Å²) in [6.45, 7) is 0.198. The Balaban J connectivity index is 1.62. The molecule has 1 aliphatic heterocycles. The van der Waals surface area contributed by atoms with E-state index < -0.39 is 24.1 Å². The molecule has 6 nitrogen and oxygen atoms in total.